The molecule has 1 amide bonds. The van der Waals surface area contributed by atoms with Crippen molar-refractivity contribution in [3.05, 3.63) is 59.6 Å². The van der Waals surface area contributed by atoms with Gasteiger partial charge in [-0.15, -0.1) is 0 Å². The number of carbonyl (C=O) groups excluding carboxylic acids is 1. The first kappa shape index (κ1) is 20.6. The normalized spacial score (nSPS) is 16.6. The van der Waals surface area contributed by atoms with Gasteiger partial charge in [0.25, 0.3) is 0 Å². The number of hydrogen-bond donors (Lipinski definition) is 1. The molecule has 3 aromatic heterocycles. The minimum atomic E-state index is -0.00264. The van der Waals surface area contributed by atoms with Gasteiger partial charge >= 0.3 is 0 Å². The topological polar surface area (TPSA) is 102 Å². The Kier molecular flexibility index (Phi) is 6.01. The molecule has 9 heteroatoms. The van der Waals surface area contributed by atoms with Crippen molar-refractivity contribution >= 4 is 23.7 Å². The Balaban J connectivity index is 1.49. The number of carbonyl (C=O) groups is 1. The second-order valence-corrected chi connectivity index (χ2v) is 7.65. The summed E-state index contributed by atoms with van der Waals surface area (Å²) in [5.74, 6) is 1.19. The molecule has 31 heavy (non-hydrogen) atoms. The van der Waals surface area contributed by atoms with Gasteiger partial charge in [-0.1, -0.05) is 0 Å². The summed E-state index contributed by atoms with van der Waals surface area (Å²) in [5.41, 5.74) is 3.78. The van der Waals surface area contributed by atoms with E-state index in [9.17, 15) is 4.79 Å². The second kappa shape index (κ2) is 9.03. The number of nitrogens with zero attached hydrogens (tertiary/aromatic N) is 7. The summed E-state index contributed by atoms with van der Waals surface area (Å²) in [6.07, 6.45) is 12.0. The van der Waals surface area contributed by atoms with Crippen molar-refractivity contribution in [2.75, 3.05) is 18.4 Å². The zero-order valence-electron chi connectivity index (χ0n) is 18.0. The number of nitrogens with one attached hydrogen (secondary N) is 1. The summed E-state index contributed by atoms with van der Waals surface area (Å²) in [6, 6.07) is 1.76. The first-order chi connectivity index (χ1) is 15.0. The van der Waals surface area contributed by atoms with E-state index in [1.54, 1.807) is 36.9 Å². The van der Waals surface area contributed by atoms with Crippen LogP contribution in [0.1, 0.15) is 41.4 Å². The Hall–Kier alpha value is -3.62. The third kappa shape index (κ3) is 4.60. The molecule has 9 nitrogen and oxygen atoms in total. The van der Waals surface area contributed by atoms with E-state index < -0.39 is 0 Å². The van der Waals surface area contributed by atoms with Gasteiger partial charge in [0.1, 0.15) is 0 Å². The Morgan fingerprint density at radius 2 is 1.90 bits per heavy atom. The lowest BCUT2D eigenvalue weighted by atomic mass is 9.94. The molecule has 0 aliphatic carbocycles. The number of aromatic nitrogens is 6. The van der Waals surface area contributed by atoms with Gasteiger partial charge in [-0.05, 0) is 38.8 Å². The molecule has 0 radical (unpaired) electrons. The van der Waals surface area contributed by atoms with Crippen LogP contribution in [0.2, 0.25) is 0 Å². The smallest absolute Gasteiger partial charge is 0.246 e. The van der Waals surface area contributed by atoms with Gasteiger partial charge in [0.2, 0.25) is 11.9 Å². The van der Waals surface area contributed by atoms with Crippen LogP contribution in [0.3, 0.4) is 0 Å². The minimum absolute atomic E-state index is 0.00264. The van der Waals surface area contributed by atoms with E-state index in [0.29, 0.717) is 18.3 Å². The van der Waals surface area contributed by atoms with Crippen LogP contribution in [0.4, 0.5) is 11.8 Å². The monoisotopic (exact) mass is 418 g/mol. The van der Waals surface area contributed by atoms with Crippen LogP contribution in [0, 0.1) is 13.8 Å². The predicted octanol–water partition coefficient (Wildman–Crippen LogP) is 2.78. The van der Waals surface area contributed by atoms with E-state index in [4.69, 9.17) is 0 Å². The van der Waals surface area contributed by atoms with Crippen LogP contribution in [0.15, 0.2) is 36.9 Å². The van der Waals surface area contributed by atoms with Crippen molar-refractivity contribution in [1.29, 1.82) is 0 Å². The molecule has 1 unspecified atom stereocenters. The first-order valence-electron chi connectivity index (χ1n) is 10.3. The molecule has 0 aromatic carbocycles. The first-order valence-corrected chi connectivity index (χ1v) is 10.3. The molecule has 1 N–H and O–H groups in total. The van der Waals surface area contributed by atoms with Gasteiger partial charge in [0, 0.05) is 68.2 Å². The SMILES string of the molecule is Cc1nn(C)c(C)c1/C=C/C(=O)N1CCCC(c2nccnc2Nc2ncccn2)C1. The molecule has 1 aliphatic heterocycles. The minimum Gasteiger partial charge on any atom is -0.338 e. The van der Waals surface area contributed by atoms with Crippen LogP contribution >= 0.6 is 0 Å². The summed E-state index contributed by atoms with van der Waals surface area (Å²) >= 11 is 0. The lowest BCUT2D eigenvalue weighted by Gasteiger charge is -2.32. The maximum absolute atomic E-state index is 12.9. The molecule has 4 rings (SSSR count). The molecule has 0 bridgehead atoms. The van der Waals surface area contributed by atoms with Crippen molar-refractivity contribution in [1.82, 2.24) is 34.6 Å². The Labute approximate surface area is 181 Å². The van der Waals surface area contributed by atoms with Crippen LogP contribution in [-0.2, 0) is 11.8 Å². The van der Waals surface area contributed by atoms with E-state index in [1.165, 1.54) is 0 Å². The fraction of sp³-hybridized carbons (Fsp3) is 0.364. The predicted molar refractivity (Wildman–Crippen MR) is 118 cm³/mol. The van der Waals surface area contributed by atoms with Crippen molar-refractivity contribution in [3.63, 3.8) is 0 Å². The summed E-state index contributed by atoms with van der Waals surface area (Å²) in [7, 11) is 1.91. The van der Waals surface area contributed by atoms with Crippen molar-refractivity contribution < 1.29 is 4.79 Å². The highest BCUT2D eigenvalue weighted by atomic mass is 16.2. The van der Waals surface area contributed by atoms with E-state index in [2.05, 4.69) is 30.4 Å². The fourth-order valence-electron chi connectivity index (χ4n) is 3.91. The van der Waals surface area contributed by atoms with Crippen LogP contribution < -0.4 is 5.32 Å². The Morgan fingerprint density at radius 1 is 1.13 bits per heavy atom. The number of likely N-dealkylation sites (tertiary alicyclic amines) is 1. The lowest BCUT2D eigenvalue weighted by Crippen LogP contribution is -2.38. The lowest BCUT2D eigenvalue weighted by molar-refractivity contribution is -0.127. The van der Waals surface area contributed by atoms with Crippen molar-refractivity contribution in [3.8, 4) is 0 Å². The molecule has 1 atom stereocenters. The van der Waals surface area contributed by atoms with Crippen LogP contribution in [0.5, 0.6) is 0 Å². The maximum Gasteiger partial charge on any atom is 0.246 e. The number of piperidine rings is 1. The molecule has 1 saturated heterocycles. The molecule has 0 saturated carbocycles. The number of rotatable bonds is 5. The standard InChI is InChI=1S/C22H26N8O/c1-15-18(16(2)29(3)28-15)7-8-19(31)30-13-4-6-17(14-30)20-21(24-12-11-23-20)27-22-25-9-5-10-26-22/h5,7-12,17H,4,6,13-14H2,1-3H3,(H,24,25,26,27)/b8-7+. The third-order valence-electron chi connectivity index (χ3n) is 5.60. The van der Waals surface area contributed by atoms with Crippen molar-refractivity contribution in [2.24, 2.45) is 7.05 Å². The average molecular weight is 419 g/mol. The number of amides is 1. The molecular formula is C22H26N8O. The molecule has 1 fully saturated rings. The number of anilines is 2. The van der Waals surface area contributed by atoms with Gasteiger partial charge in [0.15, 0.2) is 5.82 Å². The third-order valence-corrected chi connectivity index (χ3v) is 5.60. The van der Waals surface area contributed by atoms with Gasteiger partial charge in [-0.2, -0.15) is 5.10 Å². The highest BCUT2D eigenvalue weighted by Gasteiger charge is 2.27. The zero-order valence-corrected chi connectivity index (χ0v) is 18.0. The summed E-state index contributed by atoms with van der Waals surface area (Å²) in [4.78, 5) is 32.2. The van der Waals surface area contributed by atoms with E-state index in [1.807, 2.05) is 36.6 Å². The zero-order chi connectivity index (χ0) is 21.8. The second-order valence-electron chi connectivity index (χ2n) is 7.65. The molecule has 160 valence electrons. The number of aryl methyl sites for hydroxylation is 2. The van der Waals surface area contributed by atoms with Crippen LogP contribution in [0.25, 0.3) is 6.08 Å². The molecule has 1 aliphatic rings. The van der Waals surface area contributed by atoms with Crippen LogP contribution in [-0.4, -0.2) is 53.6 Å². The Bertz CT molecular complexity index is 1090. The highest BCUT2D eigenvalue weighted by molar-refractivity contribution is 5.92. The van der Waals surface area contributed by atoms with E-state index in [0.717, 1.165) is 42.0 Å². The summed E-state index contributed by atoms with van der Waals surface area (Å²) < 4.78 is 1.83. The van der Waals surface area contributed by atoms with Gasteiger partial charge in [0.05, 0.1) is 11.4 Å². The average Bonchev–Trinajstić information content (AvgIpc) is 3.04. The molecular weight excluding hydrogens is 392 g/mol. The van der Waals surface area contributed by atoms with E-state index >= 15 is 0 Å². The molecule has 4 heterocycles. The van der Waals surface area contributed by atoms with Gasteiger partial charge < -0.3 is 10.2 Å². The fourth-order valence-corrected chi connectivity index (χ4v) is 3.91. The summed E-state index contributed by atoms with van der Waals surface area (Å²) in [6.45, 7) is 5.28. The number of hydrogen-bond acceptors (Lipinski definition) is 7. The molecule has 3 aromatic rings. The van der Waals surface area contributed by atoms with Gasteiger partial charge in [-0.3, -0.25) is 14.5 Å². The highest BCUT2D eigenvalue weighted by Crippen LogP contribution is 2.30. The Morgan fingerprint density at radius 3 is 2.65 bits per heavy atom. The quantitative estimate of drug-likeness (QED) is 0.636. The largest absolute Gasteiger partial charge is 0.338 e. The van der Waals surface area contributed by atoms with Gasteiger partial charge in [-0.25, -0.2) is 15.0 Å². The summed E-state index contributed by atoms with van der Waals surface area (Å²) in [5, 5.41) is 7.56. The van der Waals surface area contributed by atoms with Crippen molar-refractivity contribution in [2.45, 2.75) is 32.6 Å². The molecule has 0 spiro atoms. The maximum atomic E-state index is 12.9. The van der Waals surface area contributed by atoms with E-state index in [-0.39, 0.29) is 11.8 Å².